The zero-order chi connectivity index (χ0) is 14.5. The number of likely N-dealkylation sites (tertiary alicyclic amines) is 1. The van der Waals surface area contributed by atoms with Crippen LogP contribution in [-0.4, -0.2) is 54.1 Å². The first kappa shape index (κ1) is 14.6. The summed E-state index contributed by atoms with van der Waals surface area (Å²) in [5.41, 5.74) is 0. The molecule has 2 aliphatic rings. The third-order valence-corrected chi connectivity index (χ3v) is 4.66. The topological polar surface area (TPSA) is 44.3 Å². The molecule has 0 unspecified atom stereocenters. The maximum absolute atomic E-state index is 4.44. The molecule has 0 atom stereocenters. The van der Waals surface area contributed by atoms with E-state index in [1.165, 1.54) is 45.3 Å². The molecule has 0 spiro atoms. The zero-order valence-electron chi connectivity index (χ0n) is 13.1. The molecule has 3 heterocycles. The second-order valence-corrected chi connectivity index (χ2v) is 6.23. The predicted octanol–water partition coefficient (Wildman–Crippen LogP) is 2.22. The molecule has 3 rings (SSSR count). The number of rotatable bonds is 5. The summed E-state index contributed by atoms with van der Waals surface area (Å²) in [6, 6.07) is 2.07. The number of hydrogen-bond donors (Lipinski definition) is 1. The summed E-state index contributed by atoms with van der Waals surface area (Å²) >= 11 is 0. The Balaban J connectivity index is 1.51. The van der Waals surface area contributed by atoms with Gasteiger partial charge in [0, 0.05) is 32.2 Å². The van der Waals surface area contributed by atoms with E-state index in [1.807, 2.05) is 0 Å². The molecule has 0 saturated carbocycles. The van der Waals surface area contributed by atoms with E-state index in [1.54, 1.807) is 6.33 Å². The van der Waals surface area contributed by atoms with E-state index >= 15 is 0 Å². The Kier molecular flexibility index (Phi) is 4.91. The van der Waals surface area contributed by atoms with Crippen molar-refractivity contribution in [2.75, 3.05) is 49.5 Å². The highest BCUT2D eigenvalue weighted by Crippen LogP contribution is 2.24. The third kappa shape index (κ3) is 3.84. The highest BCUT2D eigenvalue weighted by molar-refractivity contribution is 5.48. The van der Waals surface area contributed by atoms with E-state index in [-0.39, 0.29) is 0 Å². The molecule has 1 aromatic rings. The third-order valence-electron chi connectivity index (χ3n) is 4.66. The summed E-state index contributed by atoms with van der Waals surface area (Å²) in [7, 11) is 0. The van der Waals surface area contributed by atoms with Gasteiger partial charge in [0.2, 0.25) is 0 Å². The average molecular weight is 289 g/mol. The smallest absolute Gasteiger partial charge is 0.134 e. The van der Waals surface area contributed by atoms with Crippen LogP contribution in [0.5, 0.6) is 0 Å². The van der Waals surface area contributed by atoms with Crippen LogP contribution in [0.3, 0.4) is 0 Å². The Morgan fingerprint density at radius 3 is 2.62 bits per heavy atom. The van der Waals surface area contributed by atoms with E-state index < -0.39 is 0 Å². The Morgan fingerprint density at radius 2 is 1.90 bits per heavy atom. The Bertz CT molecular complexity index is 436. The van der Waals surface area contributed by atoms with Gasteiger partial charge >= 0.3 is 0 Å². The summed E-state index contributed by atoms with van der Waals surface area (Å²) in [6.07, 6.45) is 7.04. The van der Waals surface area contributed by atoms with Crippen molar-refractivity contribution in [2.24, 2.45) is 5.92 Å². The van der Waals surface area contributed by atoms with Gasteiger partial charge < -0.3 is 15.1 Å². The number of nitrogens with one attached hydrogen (secondary N) is 1. The molecule has 0 bridgehead atoms. The van der Waals surface area contributed by atoms with E-state index in [9.17, 15) is 0 Å². The normalized spacial score (nSPS) is 20.9. The van der Waals surface area contributed by atoms with Crippen molar-refractivity contribution in [1.29, 1.82) is 0 Å². The van der Waals surface area contributed by atoms with Crippen molar-refractivity contribution >= 4 is 11.6 Å². The number of nitrogens with zero attached hydrogens (tertiary/aromatic N) is 4. The van der Waals surface area contributed by atoms with Gasteiger partial charge in [0.1, 0.15) is 18.0 Å². The molecule has 5 nitrogen and oxygen atoms in total. The molecule has 0 radical (unpaired) electrons. The van der Waals surface area contributed by atoms with Gasteiger partial charge in [0.15, 0.2) is 0 Å². The fourth-order valence-electron chi connectivity index (χ4n) is 3.47. The largest absolute Gasteiger partial charge is 0.370 e. The first-order valence-corrected chi connectivity index (χ1v) is 8.38. The summed E-state index contributed by atoms with van der Waals surface area (Å²) in [5.74, 6) is 2.87. The molecular formula is C16H27N5. The quantitative estimate of drug-likeness (QED) is 0.900. The maximum Gasteiger partial charge on any atom is 0.134 e. The monoisotopic (exact) mass is 289 g/mol. The minimum absolute atomic E-state index is 0.870. The lowest BCUT2D eigenvalue weighted by Gasteiger charge is -2.34. The Labute approximate surface area is 127 Å². The van der Waals surface area contributed by atoms with Crippen LogP contribution < -0.4 is 10.2 Å². The lowest BCUT2D eigenvalue weighted by Crippen LogP contribution is -2.38. The fraction of sp³-hybridized carbons (Fsp3) is 0.750. The van der Waals surface area contributed by atoms with Gasteiger partial charge in [-0.05, 0) is 51.6 Å². The molecule has 5 heteroatoms. The van der Waals surface area contributed by atoms with E-state index in [4.69, 9.17) is 0 Å². The standard InChI is InChI=1S/C16H27N5/c1-2-17-15-11-16(19-13-18-15)21-9-5-14(6-10-21)12-20-7-3-4-8-20/h11,13-14H,2-10,12H2,1H3,(H,17,18,19). The van der Waals surface area contributed by atoms with Gasteiger partial charge in [-0.25, -0.2) is 9.97 Å². The van der Waals surface area contributed by atoms with Crippen LogP contribution in [0.15, 0.2) is 12.4 Å². The van der Waals surface area contributed by atoms with Crippen molar-refractivity contribution in [3.63, 3.8) is 0 Å². The van der Waals surface area contributed by atoms with Crippen molar-refractivity contribution in [2.45, 2.75) is 32.6 Å². The first-order chi connectivity index (χ1) is 10.3. The molecule has 116 valence electrons. The average Bonchev–Trinajstić information content (AvgIpc) is 3.02. The number of aromatic nitrogens is 2. The van der Waals surface area contributed by atoms with Crippen LogP contribution in [0.4, 0.5) is 11.6 Å². The zero-order valence-corrected chi connectivity index (χ0v) is 13.1. The molecule has 1 aromatic heterocycles. The minimum atomic E-state index is 0.870. The highest BCUT2D eigenvalue weighted by atomic mass is 15.2. The van der Waals surface area contributed by atoms with Crippen molar-refractivity contribution < 1.29 is 0 Å². The van der Waals surface area contributed by atoms with Gasteiger partial charge in [-0.3, -0.25) is 0 Å². The molecule has 0 amide bonds. The predicted molar refractivity (Wildman–Crippen MR) is 86.8 cm³/mol. The van der Waals surface area contributed by atoms with E-state index in [0.717, 1.165) is 37.2 Å². The van der Waals surface area contributed by atoms with E-state index in [0.29, 0.717) is 0 Å². The van der Waals surface area contributed by atoms with Crippen molar-refractivity contribution in [3.8, 4) is 0 Å². The van der Waals surface area contributed by atoms with Crippen molar-refractivity contribution in [3.05, 3.63) is 12.4 Å². The number of anilines is 2. The van der Waals surface area contributed by atoms with Crippen LogP contribution in [-0.2, 0) is 0 Å². The summed E-state index contributed by atoms with van der Waals surface area (Å²) < 4.78 is 0. The SMILES string of the molecule is CCNc1cc(N2CCC(CN3CCCC3)CC2)ncn1. The fourth-order valence-corrected chi connectivity index (χ4v) is 3.47. The van der Waals surface area contributed by atoms with E-state index in [2.05, 4.69) is 38.1 Å². The van der Waals surface area contributed by atoms with Crippen molar-refractivity contribution in [1.82, 2.24) is 14.9 Å². The van der Waals surface area contributed by atoms with Crippen LogP contribution >= 0.6 is 0 Å². The Morgan fingerprint density at radius 1 is 1.14 bits per heavy atom. The lowest BCUT2D eigenvalue weighted by molar-refractivity contribution is 0.249. The number of hydrogen-bond acceptors (Lipinski definition) is 5. The van der Waals surface area contributed by atoms with Gasteiger partial charge in [0.25, 0.3) is 0 Å². The van der Waals surface area contributed by atoms with Gasteiger partial charge in [-0.15, -0.1) is 0 Å². The summed E-state index contributed by atoms with van der Waals surface area (Å²) in [6.45, 7) is 9.18. The highest BCUT2D eigenvalue weighted by Gasteiger charge is 2.23. The molecule has 2 aliphatic heterocycles. The Hall–Kier alpha value is -1.36. The van der Waals surface area contributed by atoms with Crippen LogP contribution in [0.1, 0.15) is 32.6 Å². The molecule has 1 N–H and O–H groups in total. The van der Waals surface area contributed by atoms with Crippen LogP contribution in [0.2, 0.25) is 0 Å². The molecule has 2 fully saturated rings. The molecule has 0 aliphatic carbocycles. The minimum Gasteiger partial charge on any atom is -0.370 e. The number of piperidine rings is 1. The second kappa shape index (κ2) is 7.07. The first-order valence-electron chi connectivity index (χ1n) is 8.38. The maximum atomic E-state index is 4.44. The van der Waals surface area contributed by atoms with Gasteiger partial charge in [0.05, 0.1) is 0 Å². The second-order valence-electron chi connectivity index (χ2n) is 6.23. The van der Waals surface area contributed by atoms with Gasteiger partial charge in [-0.1, -0.05) is 0 Å². The molecule has 21 heavy (non-hydrogen) atoms. The summed E-state index contributed by atoms with van der Waals surface area (Å²) in [4.78, 5) is 13.7. The van der Waals surface area contributed by atoms with Gasteiger partial charge in [-0.2, -0.15) is 0 Å². The summed E-state index contributed by atoms with van der Waals surface area (Å²) in [5, 5.41) is 3.26. The lowest BCUT2D eigenvalue weighted by atomic mass is 9.96. The molecule has 2 saturated heterocycles. The molecular weight excluding hydrogens is 262 g/mol. The van der Waals surface area contributed by atoms with Crippen LogP contribution in [0.25, 0.3) is 0 Å². The van der Waals surface area contributed by atoms with Crippen LogP contribution in [0, 0.1) is 5.92 Å². The molecule has 0 aromatic carbocycles.